The number of hydrogen-bond donors (Lipinski definition) is 0. The molecule has 5 heteroatoms. The Morgan fingerprint density at radius 2 is 2.22 bits per heavy atom. The third kappa shape index (κ3) is 2.82. The van der Waals surface area contributed by atoms with Crippen LogP contribution in [0.1, 0.15) is 17.7 Å². The van der Waals surface area contributed by atoms with Crippen LogP contribution in [-0.4, -0.2) is 28.0 Å². The van der Waals surface area contributed by atoms with Crippen molar-refractivity contribution < 1.29 is 4.74 Å². The van der Waals surface area contributed by atoms with E-state index in [0.717, 1.165) is 35.5 Å². The fourth-order valence-corrected chi connectivity index (χ4v) is 1.89. The van der Waals surface area contributed by atoms with E-state index in [9.17, 15) is 0 Å². The molecule has 1 aromatic carbocycles. The molecule has 0 N–H and O–H groups in total. The number of aromatic nitrogens is 3. The minimum absolute atomic E-state index is 0.640. The maximum absolute atomic E-state index is 5.67. The van der Waals surface area contributed by atoms with Gasteiger partial charge in [0, 0.05) is 5.88 Å². The summed E-state index contributed by atoms with van der Waals surface area (Å²) in [5.41, 5.74) is 3.00. The van der Waals surface area contributed by atoms with Crippen LogP contribution in [0.3, 0.4) is 0 Å². The molecule has 4 nitrogen and oxygen atoms in total. The van der Waals surface area contributed by atoms with Crippen LogP contribution < -0.4 is 4.74 Å². The lowest BCUT2D eigenvalue weighted by Crippen LogP contribution is -1.99. The standard InChI is InChI=1S/C13H16ClN3O/c1-10-5-6-13(18-2)12(8-10)17-9-11(15-16-17)4-3-7-14/h5-6,8-9H,3-4,7H2,1-2H3. The number of ether oxygens (including phenoxy) is 1. The molecule has 0 aliphatic rings. The number of aryl methyl sites for hydroxylation is 2. The Labute approximate surface area is 112 Å². The molecule has 0 saturated carbocycles. The summed E-state index contributed by atoms with van der Waals surface area (Å²) in [5.74, 6) is 1.43. The molecular formula is C13H16ClN3O. The second kappa shape index (κ2) is 5.87. The second-order valence-electron chi connectivity index (χ2n) is 4.12. The Morgan fingerprint density at radius 1 is 1.39 bits per heavy atom. The molecule has 2 rings (SSSR count). The van der Waals surface area contributed by atoms with Crippen LogP contribution in [0.15, 0.2) is 24.4 Å². The van der Waals surface area contributed by atoms with Gasteiger partial charge in [0.25, 0.3) is 0 Å². The van der Waals surface area contributed by atoms with E-state index in [0.29, 0.717) is 5.88 Å². The van der Waals surface area contributed by atoms with Gasteiger partial charge in [-0.2, -0.15) is 0 Å². The van der Waals surface area contributed by atoms with Crippen molar-refractivity contribution in [1.82, 2.24) is 15.0 Å². The quantitative estimate of drug-likeness (QED) is 0.781. The third-order valence-corrected chi connectivity index (χ3v) is 2.96. The highest BCUT2D eigenvalue weighted by molar-refractivity contribution is 6.17. The van der Waals surface area contributed by atoms with Gasteiger partial charge in [0.15, 0.2) is 0 Å². The molecule has 0 aliphatic heterocycles. The SMILES string of the molecule is COc1ccc(C)cc1-n1cc(CCCCl)nn1. The monoisotopic (exact) mass is 265 g/mol. The summed E-state index contributed by atoms with van der Waals surface area (Å²) in [4.78, 5) is 0. The van der Waals surface area contributed by atoms with E-state index in [4.69, 9.17) is 16.3 Å². The largest absolute Gasteiger partial charge is 0.494 e. The number of alkyl halides is 1. The van der Waals surface area contributed by atoms with Crippen molar-refractivity contribution in [2.75, 3.05) is 13.0 Å². The minimum atomic E-state index is 0.640. The van der Waals surface area contributed by atoms with Crippen molar-refractivity contribution in [3.05, 3.63) is 35.7 Å². The number of nitrogens with zero attached hydrogens (tertiary/aromatic N) is 3. The van der Waals surface area contributed by atoms with Gasteiger partial charge in [-0.15, -0.1) is 16.7 Å². The third-order valence-electron chi connectivity index (χ3n) is 2.69. The Morgan fingerprint density at radius 3 is 2.94 bits per heavy atom. The topological polar surface area (TPSA) is 39.9 Å². The number of halogens is 1. The first-order valence-electron chi connectivity index (χ1n) is 5.87. The first kappa shape index (κ1) is 12.9. The fourth-order valence-electron chi connectivity index (χ4n) is 1.76. The van der Waals surface area contributed by atoms with E-state index in [-0.39, 0.29) is 0 Å². The average Bonchev–Trinajstić information content (AvgIpc) is 2.85. The van der Waals surface area contributed by atoms with Gasteiger partial charge in [-0.3, -0.25) is 0 Å². The molecule has 0 amide bonds. The van der Waals surface area contributed by atoms with Crippen LogP contribution in [0.2, 0.25) is 0 Å². The second-order valence-corrected chi connectivity index (χ2v) is 4.50. The zero-order valence-electron chi connectivity index (χ0n) is 10.6. The van der Waals surface area contributed by atoms with Crippen molar-refractivity contribution in [2.45, 2.75) is 19.8 Å². The zero-order chi connectivity index (χ0) is 13.0. The predicted molar refractivity (Wildman–Crippen MR) is 71.7 cm³/mol. The van der Waals surface area contributed by atoms with Crippen molar-refractivity contribution in [3.63, 3.8) is 0 Å². The number of hydrogen-bond acceptors (Lipinski definition) is 3. The fraction of sp³-hybridized carbons (Fsp3) is 0.385. The van der Waals surface area contributed by atoms with Crippen LogP contribution >= 0.6 is 11.6 Å². The lowest BCUT2D eigenvalue weighted by Gasteiger charge is -2.08. The molecule has 0 aliphatic carbocycles. The van der Waals surface area contributed by atoms with Gasteiger partial charge in [-0.1, -0.05) is 11.3 Å². The van der Waals surface area contributed by atoms with E-state index in [2.05, 4.69) is 10.3 Å². The van der Waals surface area contributed by atoms with E-state index in [1.807, 2.05) is 31.3 Å². The van der Waals surface area contributed by atoms with E-state index in [1.54, 1.807) is 11.8 Å². The molecular weight excluding hydrogens is 250 g/mol. The summed E-state index contributed by atoms with van der Waals surface area (Å²) in [7, 11) is 1.65. The number of rotatable bonds is 5. The lowest BCUT2D eigenvalue weighted by molar-refractivity contribution is 0.411. The highest BCUT2D eigenvalue weighted by Crippen LogP contribution is 2.23. The van der Waals surface area contributed by atoms with Gasteiger partial charge in [0.2, 0.25) is 0 Å². The molecule has 0 radical (unpaired) electrons. The summed E-state index contributed by atoms with van der Waals surface area (Å²) in [5, 5.41) is 8.27. The Kier molecular flexibility index (Phi) is 4.20. The average molecular weight is 266 g/mol. The smallest absolute Gasteiger partial charge is 0.144 e. The Balaban J connectivity index is 2.30. The minimum Gasteiger partial charge on any atom is -0.494 e. The van der Waals surface area contributed by atoms with Crippen molar-refractivity contribution in [2.24, 2.45) is 0 Å². The molecule has 1 heterocycles. The van der Waals surface area contributed by atoms with Gasteiger partial charge >= 0.3 is 0 Å². The van der Waals surface area contributed by atoms with Crippen molar-refractivity contribution >= 4 is 11.6 Å². The summed E-state index contributed by atoms with van der Waals surface area (Å²) in [6.07, 6.45) is 3.67. The van der Waals surface area contributed by atoms with E-state index in [1.165, 1.54) is 0 Å². The van der Waals surface area contributed by atoms with Gasteiger partial charge in [0.1, 0.15) is 11.4 Å². The molecule has 2 aromatic rings. The first-order valence-corrected chi connectivity index (χ1v) is 6.40. The summed E-state index contributed by atoms with van der Waals surface area (Å²) in [6.45, 7) is 2.04. The Bertz CT molecular complexity index is 525. The number of benzene rings is 1. The maximum Gasteiger partial charge on any atom is 0.144 e. The Hall–Kier alpha value is -1.55. The molecule has 0 spiro atoms. The normalized spacial score (nSPS) is 10.6. The van der Waals surface area contributed by atoms with Gasteiger partial charge in [-0.05, 0) is 37.5 Å². The lowest BCUT2D eigenvalue weighted by atomic mass is 10.2. The summed E-state index contributed by atoms with van der Waals surface area (Å²) < 4.78 is 7.08. The molecule has 18 heavy (non-hydrogen) atoms. The van der Waals surface area contributed by atoms with Gasteiger partial charge < -0.3 is 4.74 Å². The van der Waals surface area contributed by atoms with Crippen LogP contribution in [-0.2, 0) is 6.42 Å². The number of methoxy groups -OCH3 is 1. The van der Waals surface area contributed by atoms with Crippen LogP contribution in [0, 0.1) is 6.92 Å². The highest BCUT2D eigenvalue weighted by atomic mass is 35.5. The van der Waals surface area contributed by atoms with E-state index >= 15 is 0 Å². The predicted octanol–water partition coefficient (Wildman–Crippen LogP) is 2.76. The molecule has 0 saturated heterocycles. The molecule has 0 atom stereocenters. The zero-order valence-corrected chi connectivity index (χ0v) is 11.3. The summed E-state index contributed by atoms with van der Waals surface area (Å²) >= 11 is 5.67. The van der Waals surface area contributed by atoms with Gasteiger partial charge in [0.05, 0.1) is 19.0 Å². The van der Waals surface area contributed by atoms with Crippen LogP contribution in [0.25, 0.3) is 5.69 Å². The van der Waals surface area contributed by atoms with E-state index < -0.39 is 0 Å². The molecule has 0 unspecified atom stereocenters. The molecule has 96 valence electrons. The molecule has 0 fully saturated rings. The van der Waals surface area contributed by atoms with Gasteiger partial charge in [-0.25, -0.2) is 4.68 Å². The highest BCUT2D eigenvalue weighted by Gasteiger charge is 2.08. The van der Waals surface area contributed by atoms with Crippen molar-refractivity contribution in [1.29, 1.82) is 0 Å². The van der Waals surface area contributed by atoms with Crippen LogP contribution in [0.5, 0.6) is 5.75 Å². The molecule has 0 bridgehead atoms. The van der Waals surface area contributed by atoms with Crippen LogP contribution in [0.4, 0.5) is 0 Å². The first-order chi connectivity index (χ1) is 8.74. The molecule has 1 aromatic heterocycles. The maximum atomic E-state index is 5.67. The van der Waals surface area contributed by atoms with Crippen molar-refractivity contribution in [3.8, 4) is 11.4 Å². The summed E-state index contributed by atoms with van der Waals surface area (Å²) in [6, 6.07) is 5.97.